The van der Waals surface area contributed by atoms with Gasteiger partial charge in [0, 0.05) is 34.6 Å². The summed E-state index contributed by atoms with van der Waals surface area (Å²) in [5.41, 5.74) is 7.32. The first kappa shape index (κ1) is 17.6. The molecule has 5 rings (SSSR count). The van der Waals surface area contributed by atoms with E-state index in [-0.39, 0.29) is 6.42 Å². The van der Waals surface area contributed by atoms with E-state index >= 15 is 0 Å². The standard InChI is InChI=1S/C24H20N2O3/c1-13-3-4-16-19(11-13)26-14(2)18(12-21(27)28)23(16)17-5-6-20-22-15(8-10-29-20)7-9-25-24(17)22/h3-7,9,11H,8,10,12H2,1-2H3,(H,27,28). The lowest BCUT2D eigenvalue weighted by atomic mass is 9.89. The molecule has 0 aliphatic carbocycles. The van der Waals surface area contributed by atoms with Crippen molar-refractivity contribution in [2.45, 2.75) is 26.7 Å². The van der Waals surface area contributed by atoms with Crippen LogP contribution >= 0.6 is 0 Å². The van der Waals surface area contributed by atoms with Crippen LogP contribution < -0.4 is 4.74 Å². The predicted molar refractivity (Wildman–Crippen MR) is 112 cm³/mol. The molecule has 4 aromatic rings. The minimum atomic E-state index is -0.873. The molecule has 0 unspecified atom stereocenters. The van der Waals surface area contributed by atoms with Gasteiger partial charge in [-0.2, -0.15) is 0 Å². The van der Waals surface area contributed by atoms with Crippen molar-refractivity contribution in [1.82, 2.24) is 9.97 Å². The van der Waals surface area contributed by atoms with Gasteiger partial charge in [-0.25, -0.2) is 0 Å². The lowest BCUT2D eigenvalue weighted by Crippen LogP contribution is -2.10. The van der Waals surface area contributed by atoms with Gasteiger partial charge in [-0.1, -0.05) is 12.1 Å². The van der Waals surface area contributed by atoms with Crippen LogP contribution in [0.2, 0.25) is 0 Å². The molecule has 0 amide bonds. The number of aryl methyl sites for hydroxylation is 2. The Morgan fingerprint density at radius 2 is 2.03 bits per heavy atom. The lowest BCUT2D eigenvalue weighted by molar-refractivity contribution is -0.136. The number of aliphatic carboxylic acids is 1. The first-order valence-corrected chi connectivity index (χ1v) is 9.68. The van der Waals surface area contributed by atoms with Gasteiger partial charge in [0.25, 0.3) is 0 Å². The second-order valence-corrected chi connectivity index (χ2v) is 7.55. The molecule has 0 bridgehead atoms. The molecule has 0 saturated carbocycles. The molecule has 2 aromatic heterocycles. The molecule has 0 atom stereocenters. The summed E-state index contributed by atoms with van der Waals surface area (Å²) in [7, 11) is 0. The largest absolute Gasteiger partial charge is 0.493 e. The number of pyridine rings is 2. The normalized spacial score (nSPS) is 12.9. The number of hydrogen-bond donors (Lipinski definition) is 1. The van der Waals surface area contributed by atoms with E-state index in [1.165, 1.54) is 5.56 Å². The average Bonchev–Trinajstić information content (AvgIpc) is 2.69. The number of carboxylic acid groups (broad SMARTS) is 1. The van der Waals surface area contributed by atoms with Crippen LogP contribution in [0.4, 0.5) is 0 Å². The monoisotopic (exact) mass is 384 g/mol. The molecule has 144 valence electrons. The maximum atomic E-state index is 11.7. The number of aromatic nitrogens is 2. The van der Waals surface area contributed by atoms with E-state index in [0.717, 1.165) is 61.9 Å². The van der Waals surface area contributed by atoms with Crippen molar-refractivity contribution in [3.63, 3.8) is 0 Å². The van der Waals surface area contributed by atoms with Crippen molar-refractivity contribution in [2.75, 3.05) is 6.61 Å². The van der Waals surface area contributed by atoms with Crippen molar-refractivity contribution in [3.05, 3.63) is 65.0 Å². The summed E-state index contributed by atoms with van der Waals surface area (Å²) < 4.78 is 5.86. The predicted octanol–water partition coefficient (Wildman–Crippen LogP) is 4.63. The van der Waals surface area contributed by atoms with E-state index in [2.05, 4.69) is 4.98 Å². The van der Waals surface area contributed by atoms with E-state index in [9.17, 15) is 9.90 Å². The smallest absolute Gasteiger partial charge is 0.307 e. The number of nitrogens with zero attached hydrogens (tertiary/aromatic N) is 2. The molecule has 1 N–H and O–H groups in total. The number of carboxylic acids is 1. The molecule has 2 aromatic carbocycles. The van der Waals surface area contributed by atoms with Crippen LogP contribution in [0.3, 0.4) is 0 Å². The third-order valence-corrected chi connectivity index (χ3v) is 5.62. The van der Waals surface area contributed by atoms with Crippen LogP contribution in [0.25, 0.3) is 32.9 Å². The Morgan fingerprint density at radius 3 is 2.86 bits per heavy atom. The number of hydrogen-bond acceptors (Lipinski definition) is 4. The zero-order chi connectivity index (χ0) is 20.1. The number of benzene rings is 2. The van der Waals surface area contributed by atoms with E-state index in [4.69, 9.17) is 9.72 Å². The van der Waals surface area contributed by atoms with Gasteiger partial charge in [0.05, 0.1) is 24.1 Å². The first-order valence-electron chi connectivity index (χ1n) is 9.68. The Kier molecular flexibility index (Phi) is 3.98. The molecule has 0 saturated heterocycles. The van der Waals surface area contributed by atoms with Gasteiger partial charge in [-0.3, -0.25) is 14.8 Å². The Morgan fingerprint density at radius 1 is 1.17 bits per heavy atom. The Balaban J connectivity index is 1.92. The molecule has 29 heavy (non-hydrogen) atoms. The minimum Gasteiger partial charge on any atom is -0.493 e. The van der Waals surface area contributed by atoms with Gasteiger partial charge in [-0.15, -0.1) is 0 Å². The molecule has 5 heteroatoms. The van der Waals surface area contributed by atoms with Crippen LogP contribution in [0.15, 0.2) is 42.6 Å². The first-order chi connectivity index (χ1) is 14.0. The zero-order valence-electron chi connectivity index (χ0n) is 16.3. The number of carbonyl (C=O) groups is 1. The highest BCUT2D eigenvalue weighted by atomic mass is 16.5. The zero-order valence-corrected chi connectivity index (χ0v) is 16.3. The maximum Gasteiger partial charge on any atom is 0.307 e. The number of rotatable bonds is 3. The fourth-order valence-electron chi connectivity index (χ4n) is 4.32. The molecule has 0 spiro atoms. The summed E-state index contributed by atoms with van der Waals surface area (Å²) in [4.78, 5) is 21.1. The van der Waals surface area contributed by atoms with Crippen molar-refractivity contribution in [1.29, 1.82) is 0 Å². The third kappa shape index (κ3) is 2.81. The van der Waals surface area contributed by atoms with Gasteiger partial charge in [0.1, 0.15) is 5.75 Å². The molecule has 0 fully saturated rings. The van der Waals surface area contributed by atoms with Gasteiger partial charge in [0.2, 0.25) is 0 Å². The quantitative estimate of drug-likeness (QED) is 0.558. The highest BCUT2D eigenvalue weighted by Gasteiger charge is 2.22. The third-order valence-electron chi connectivity index (χ3n) is 5.62. The number of ether oxygens (including phenoxy) is 1. The number of fused-ring (bicyclic) bond motifs is 1. The van der Waals surface area contributed by atoms with Crippen LogP contribution in [0, 0.1) is 13.8 Å². The summed E-state index contributed by atoms with van der Waals surface area (Å²) in [5, 5.41) is 11.5. The molecule has 3 heterocycles. The topological polar surface area (TPSA) is 72.3 Å². The maximum absolute atomic E-state index is 11.7. The van der Waals surface area contributed by atoms with E-state index in [0.29, 0.717) is 6.61 Å². The Labute approximate surface area is 168 Å². The second kappa shape index (κ2) is 6.55. The van der Waals surface area contributed by atoms with Gasteiger partial charge >= 0.3 is 5.97 Å². The van der Waals surface area contributed by atoms with Crippen LogP contribution in [-0.2, 0) is 17.6 Å². The van der Waals surface area contributed by atoms with Crippen molar-refractivity contribution < 1.29 is 14.6 Å². The molecule has 1 aliphatic rings. The van der Waals surface area contributed by atoms with Crippen LogP contribution in [0.1, 0.15) is 22.4 Å². The summed E-state index contributed by atoms with van der Waals surface area (Å²) in [6.45, 7) is 4.57. The minimum absolute atomic E-state index is 0.0859. The lowest BCUT2D eigenvalue weighted by Gasteiger charge is -2.21. The van der Waals surface area contributed by atoms with Gasteiger partial charge < -0.3 is 9.84 Å². The SMILES string of the molecule is Cc1ccc2c(-c3ccc4c5c(ccnc35)CCO4)c(CC(=O)O)c(C)nc2c1. The van der Waals surface area contributed by atoms with E-state index < -0.39 is 5.97 Å². The van der Waals surface area contributed by atoms with E-state index in [1.54, 1.807) is 0 Å². The molecule has 1 aliphatic heterocycles. The molecular weight excluding hydrogens is 364 g/mol. The van der Waals surface area contributed by atoms with Crippen LogP contribution in [-0.4, -0.2) is 27.7 Å². The fourth-order valence-corrected chi connectivity index (χ4v) is 4.32. The average molecular weight is 384 g/mol. The van der Waals surface area contributed by atoms with Gasteiger partial charge in [0.15, 0.2) is 0 Å². The van der Waals surface area contributed by atoms with Crippen molar-refractivity contribution in [2.24, 2.45) is 0 Å². The Bertz CT molecular complexity index is 1300. The van der Waals surface area contributed by atoms with Crippen molar-refractivity contribution in [3.8, 4) is 16.9 Å². The van der Waals surface area contributed by atoms with Gasteiger partial charge in [-0.05, 0) is 60.4 Å². The highest BCUT2D eigenvalue weighted by Crippen LogP contribution is 2.41. The van der Waals surface area contributed by atoms with E-state index in [1.807, 2.05) is 56.4 Å². The molecule has 0 radical (unpaired) electrons. The summed E-state index contributed by atoms with van der Waals surface area (Å²) in [6, 6.07) is 12.1. The summed E-state index contributed by atoms with van der Waals surface area (Å²) >= 11 is 0. The van der Waals surface area contributed by atoms with Crippen LogP contribution in [0.5, 0.6) is 5.75 Å². The molecular formula is C24H20N2O3. The Hall–Kier alpha value is -3.47. The molecule has 5 nitrogen and oxygen atoms in total. The van der Waals surface area contributed by atoms with Crippen molar-refractivity contribution >= 4 is 27.8 Å². The second-order valence-electron chi connectivity index (χ2n) is 7.55. The fraction of sp³-hybridized carbons (Fsp3) is 0.208. The summed E-state index contributed by atoms with van der Waals surface area (Å²) in [6.07, 6.45) is 2.58. The highest BCUT2D eigenvalue weighted by molar-refractivity contribution is 6.07. The summed E-state index contributed by atoms with van der Waals surface area (Å²) in [5.74, 6) is -0.0366.